The molecule has 0 saturated heterocycles. The van der Waals surface area contributed by atoms with Crippen molar-refractivity contribution in [2.45, 2.75) is 46.1 Å². The second kappa shape index (κ2) is 8.14. The fraction of sp³-hybridized carbons (Fsp3) is 0.364. The highest BCUT2D eigenvalue weighted by Crippen LogP contribution is 2.29. The number of hydrogen-bond acceptors (Lipinski definition) is 6. The van der Waals surface area contributed by atoms with Crippen molar-refractivity contribution in [2.75, 3.05) is 17.2 Å². The number of benzene rings is 1. The van der Waals surface area contributed by atoms with Crippen LogP contribution in [-0.2, 0) is 18.4 Å². The number of carbonyl (C=O) groups excluding carboxylic acids is 2. The molecule has 1 aliphatic heterocycles. The second-order valence-electron chi connectivity index (χ2n) is 8.59. The maximum absolute atomic E-state index is 12.7. The molecule has 8 nitrogen and oxygen atoms in total. The predicted octanol–water partition coefficient (Wildman–Crippen LogP) is 4.58. The van der Waals surface area contributed by atoms with E-state index in [2.05, 4.69) is 41.5 Å². The Balaban J connectivity index is 1.38. The first-order valence-electron chi connectivity index (χ1n) is 10.1. The fourth-order valence-corrected chi connectivity index (χ4v) is 4.33. The van der Waals surface area contributed by atoms with Crippen molar-refractivity contribution in [1.29, 1.82) is 0 Å². The number of carbonyl (C=O) groups is 2. The van der Waals surface area contributed by atoms with E-state index in [1.165, 1.54) is 16.9 Å². The Hall–Kier alpha value is -3.20. The number of nitrogens with one attached hydrogen (secondary N) is 2. The van der Waals surface area contributed by atoms with Gasteiger partial charge in [-0.25, -0.2) is 9.78 Å². The summed E-state index contributed by atoms with van der Waals surface area (Å²) in [5, 5.41) is 9.94. The molecule has 0 atom stereocenters. The van der Waals surface area contributed by atoms with E-state index in [-0.39, 0.29) is 23.0 Å². The van der Waals surface area contributed by atoms with Gasteiger partial charge < -0.3 is 14.7 Å². The van der Waals surface area contributed by atoms with E-state index in [4.69, 9.17) is 4.52 Å². The van der Waals surface area contributed by atoms with Crippen LogP contribution < -0.4 is 10.6 Å². The summed E-state index contributed by atoms with van der Waals surface area (Å²) in [5.74, 6) is 0.203. The number of amides is 3. The van der Waals surface area contributed by atoms with Crippen LogP contribution in [0.1, 0.15) is 53.2 Å². The maximum Gasteiger partial charge on any atom is 0.322 e. The van der Waals surface area contributed by atoms with Crippen molar-refractivity contribution in [3.05, 3.63) is 57.9 Å². The van der Waals surface area contributed by atoms with Crippen LogP contribution in [0.4, 0.5) is 15.6 Å². The van der Waals surface area contributed by atoms with Crippen LogP contribution in [0.2, 0.25) is 0 Å². The van der Waals surface area contributed by atoms with Gasteiger partial charge in [0, 0.05) is 29.6 Å². The summed E-state index contributed by atoms with van der Waals surface area (Å²) in [7, 11) is 0. The number of nitrogens with zero attached hydrogens (tertiary/aromatic N) is 3. The van der Waals surface area contributed by atoms with Crippen molar-refractivity contribution in [1.82, 2.24) is 15.0 Å². The van der Waals surface area contributed by atoms with Crippen LogP contribution in [-0.4, -0.2) is 33.5 Å². The molecular weight excluding hydrogens is 414 g/mol. The number of anilines is 2. The first-order valence-corrected chi connectivity index (χ1v) is 10.9. The number of hydrogen-bond donors (Lipinski definition) is 2. The van der Waals surface area contributed by atoms with Gasteiger partial charge in [-0.05, 0) is 30.0 Å². The van der Waals surface area contributed by atoms with E-state index >= 15 is 0 Å². The molecule has 31 heavy (non-hydrogen) atoms. The molecule has 1 aromatic carbocycles. The third-order valence-electron chi connectivity index (χ3n) is 5.10. The summed E-state index contributed by atoms with van der Waals surface area (Å²) in [4.78, 5) is 32.2. The molecule has 3 amide bonds. The lowest BCUT2D eigenvalue weighted by Crippen LogP contribution is -2.38. The largest absolute Gasteiger partial charge is 0.361 e. The highest BCUT2D eigenvalue weighted by Gasteiger charge is 2.25. The van der Waals surface area contributed by atoms with Gasteiger partial charge in [0.1, 0.15) is 5.76 Å². The third-order valence-corrected chi connectivity index (χ3v) is 6.10. The maximum atomic E-state index is 12.7. The van der Waals surface area contributed by atoms with Crippen LogP contribution in [0.25, 0.3) is 0 Å². The van der Waals surface area contributed by atoms with Crippen LogP contribution in [0.5, 0.6) is 0 Å². The molecule has 0 saturated carbocycles. The van der Waals surface area contributed by atoms with Gasteiger partial charge in [-0.15, -0.1) is 0 Å². The van der Waals surface area contributed by atoms with Crippen molar-refractivity contribution >= 4 is 34.1 Å². The molecule has 4 rings (SSSR count). The molecule has 0 bridgehead atoms. The van der Waals surface area contributed by atoms with Gasteiger partial charge in [-0.1, -0.05) is 49.4 Å². The summed E-state index contributed by atoms with van der Waals surface area (Å²) in [6, 6.07) is 9.37. The Bertz CT molecular complexity index is 1110. The zero-order chi connectivity index (χ0) is 22.2. The Labute approximate surface area is 184 Å². The van der Waals surface area contributed by atoms with Crippen molar-refractivity contribution in [2.24, 2.45) is 0 Å². The van der Waals surface area contributed by atoms with E-state index in [0.29, 0.717) is 30.4 Å². The van der Waals surface area contributed by atoms with Crippen LogP contribution in [0.15, 0.2) is 34.9 Å². The third kappa shape index (κ3) is 4.77. The minimum Gasteiger partial charge on any atom is -0.361 e. The van der Waals surface area contributed by atoms with E-state index in [0.717, 1.165) is 16.3 Å². The van der Waals surface area contributed by atoms with Gasteiger partial charge >= 0.3 is 6.03 Å². The van der Waals surface area contributed by atoms with Crippen LogP contribution in [0.3, 0.4) is 0 Å². The molecule has 0 aliphatic carbocycles. The molecule has 2 aromatic heterocycles. The van der Waals surface area contributed by atoms with Gasteiger partial charge in [0.2, 0.25) is 0 Å². The first kappa shape index (κ1) is 21.0. The van der Waals surface area contributed by atoms with Crippen molar-refractivity contribution in [3.63, 3.8) is 0 Å². The van der Waals surface area contributed by atoms with Gasteiger partial charge in [-0.2, -0.15) is 0 Å². The monoisotopic (exact) mass is 439 g/mol. The Morgan fingerprint density at radius 3 is 2.55 bits per heavy atom. The van der Waals surface area contributed by atoms with Gasteiger partial charge in [-0.3, -0.25) is 10.1 Å². The topological polar surface area (TPSA) is 100 Å². The minimum atomic E-state index is -0.365. The molecule has 3 heterocycles. The van der Waals surface area contributed by atoms with E-state index in [1.54, 1.807) is 17.9 Å². The van der Waals surface area contributed by atoms with Crippen LogP contribution >= 0.6 is 11.3 Å². The minimum absolute atomic E-state index is 0.0671. The Kier molecular flexibility index (Phi) is 5.53. The molecule has 1 aliphatic rings. The lowest BCUT2D eigenvalue weighted by molar-refractivity contribution is 0.101. The highest BCUT2D eigenvalue weighted by molar-refractivity contribution is 7.15. The fourth-order valence-electron chi connectivity index (χ4n) is 3.31. The number of rotatable bonds is 3. The quantitative estimate of drug-likeness (QED) is 0.622. The van der Waals surface area contributed by atoms with E-state index in [9.17, 15) is 9.59 Å². The molecule has 0 spiro atoms. The SMILES string of the molecule is Cc1cc(C(=O)Nc2nc3c(s2)CN(C(=O)Nc2ccc(C(C)(C)C)cc2)CC3)no1. The highest BCUT2D eigenvalue weighted by atomic mass is 32.1. The molecule has 0 radical (unpaired) electrons. The van der Waals surface area contributed by atoms with Gasteiger partial charge in [0.25, 0.3) is 5.91 Å². The van der Waals surface area contributed by atoms with Crippen LogP contribution in [0, 0.1) is 6.92 Å². The molecule has 162 valence electrons. The normalized spacial score (nSPS) is 13.6. The Morgan fingerprint density at radius 2 is 1.90 bits per heavy atom. The number of fused-ring (bicyclic) bond motifs is 1. The number of aromatic nitrogens is 2. The van der Waals surface area contributed by atoms with Crippen molar-refractivity contribution in [3.8, 4) is 0 Å². The smallest absolute Gasteiger partial charge is 0.322 e. The van der Waals surface area contributed by atoms with Crippen molar-refractivity contribution < 1.29 is 14.1 Å². The molecule has 9 heteroatoms. The summed E-state index contributed by atoms with van der Waals surface area (Å²) in [6.07, 6.45) is 0.640. The lowest BCUT2D eigenvalue weighted by Gasteiger charge is -2.26. The molecule has 0 unspecified atom stereocenters. The summed E-state index contributed by atoms with van der Waals surface area (Å²) >= 11 is 1.37. The molecule has 3 aromatic rings. The zero-order valence-electron chi connectivity index (χ0n) is 18.0. The summed E-state index contributed by atoms with van der Waals surface area (Å²) in [5.41, 5.74) is 3.17. The standard InChI is InChI=1S/C22H25N5O3S/c1-13-11-17(26-30-13)19(28)25-20-24-16-9-10-27(12-18(16)31-20)21(29)23-15-7-5-14(6-8-15)22(2,3)4/h5-8,11H,9-10,12H2,1-4H3,(H,23,29)(H,24,25,28). The number of aryl methyl sites for hydroxylation is 1. The number of thiazole rings is 1. The first-order chi connectivity index (χ1) is 14.7. The Morgan fingerprint density at radius 1 is 1.16 bits per heavy atom. The molecule has 2 N–H and O–H groups in total. The number of urea groups is 1. The lowest BCUT2D eigenvalue weighted by atomic mass is 9.87. The average Bonchev–Trinajstić information content (AvgIpc) is 3.32. The zero-order valence-corrected chi connectivity index (χ0v) is 18.8. The predicted molar refractivity (Wildman–Crippen MR) is 120 cm³/mol. The molecular formula is C22H25N5O3S. The molecule has 0 fully saturated rings. The van der Waals surface area contributed by atoms with E-state index in [1.807, 2.05) is 24.3 Å². The summed E-state index contributed by atoms with van der Waals surface area (Å²) in [6.45, 7) is 9.22. The summed E-state index contributed by atoms with van der Waals surface area (Å²) < 4.78 is 4.94. The van der Waals surface area contributed by atoms with Gasteiger partial charge in [0.05, 0.1) is 12.2 Å². The second-order valence-corrected chi connectivity index (χ2v) is 9.68. The van der Waals surface area contributed by atoms with E-state index < -0.39 is 0 Å². The average molecular weight is 440 g/mol. The van der Waals surface area contributed by atoms with Gasteiger partial charge in [0.15, 0.2) is 10.8 Å².